The van der Waals surface area contributed by atoms with Gasteiger partial charge in [0.2, 0.25) is 11.7 Å². The average Bonchev–Trinajstić information content (AvgIpc) is 2.86. The van der Waals surface area contributed by atoms with Gasteiger partial charge in [-0.25, -0.2) is 0 Å². The lowest BCUT2D eigenvalue weighted by molar-refractivity contribution is 0.352. The zero-order chi connectivity index (χ0) is 9.97. The molecule has 1 unspecified atom stereocenters. The molecule has 0 saturated carbocycles. The van der Waals surface area contributed by atoms with Crippen LogP contribution >= 0.6 is 11.3 Å². The third kappa shape index (κ3) is 1.69. The van der Waals surface area contributed by atoms with E-state index in [1.807, 2.05) is 24.4 Å². The number of hydrogen-bond acceptors (Lipinski definition) is 5. The molecule has 2 aromatic rings. The van der Waals surface area contributed by atoms with E-state index in [0.29, 0.717) is 11.7 Å². The molecule has 0 aliphatic heterocycles. The molecule has 5 heteroatoms. The Morgan fingerprint density at radius 3 is 3.14 bits per heavy atom. The van der Waals surface area contributed by atoms with E-state index in [-0.39, 0.29) is 6.04 Å². The minimum absolute atomic E-state index is 0.156. The number of rotatable bonds is 3. The van der Waals surface area contributed by atoms with Crippen LogP contribution in [0.5, 0.6) is 0 Å². The van der Waals surface area contributed by atoms with Crippen molar-refractivity contribution in [3.63, 3.8) is 0 Å². The van der Waals surface area contributed by atoms with Crippen LogP contribution in [-0.4, -0.2) is 10.1 Å². The Balaban J connectivity index is 2.26. The van der Waals surface area contributed by atoms with Crippen LogP contribution in [0.25, 0.3) is 10.7 Å². The Bertz CT molecular complexity index is 396. The first kappa shape index (κ1) is 9.36. The van der Waals surface area contributed by atoms with Crippen LogP contribution in [0.4, 0.5) is 0 Å². The second-order valence-electron chi connectivity index (χ2n) is 2.95. The second kappa shape index (κ2) is 3.89. The lowest BCUT2D eigenvalue weighted by Crippen LogP contribution is -2.08. The molecular weight excluding hydrogens is 198 g/mol. The van der Waals surface area contributed by atoms with Crippen LogP contribution < -0.4 is 5.73 Å². The number of thiophene rings is 1. The highest BCUT2D eigenvalue weighted by Gasteiger charge is 2.13. The summed E-state index contributed by atoms with van der Waals surface area (Å²) in [5.41, 5.74) is 5.77. The maximum absolute atomic E-state index is 5.77. The highest BCUT2D eigenvalue weighted by molar-refractivity contribution is 7.13. The predicted octanol–water partition coefficient (Wildman–Crippen LogP) is 2.21. The minimum Gasteiger partial charge on any atom is -0.337 e. The number of nitrogens with two attached hydrogens (primary N) is 1. The molecule has 14 heavy (non-hydrogen) atoms. The van der Waals surface area contributed by atoms with Crippen LogP contribution in [0.15, 0.2) is 22.0 Å². The van der Waals surface area contributed by atoms with E-state index in [0.717, 1.165) is 11.3 Å². The first-order chi connectivity index (χ1) is 6.81. The Morgan fingerprint density at radius 1 is 1.64 bits per heavy atom. The lowest BCUT2D eigenvalue weighted by atomic mass is 10.2. The van der Waals surface area contributed by atoms with E-state index in [1.165, 1.54) is 0 Å². The molecule has 0 fully saturated rings. The zero-order valence-electron chi connectivity index (χ0n) is 7.80. The third-order valence-corrected chi connectivity index (χ3v) is 2.81. The van der Waals surface area contributed by atoms with E-state index in [4.69, 9.17) is 10.3 Å². The van der Waals surface area contributed by atoms with Crippen LogP contribution in [0.3, 0.4) is 0 Å². The summed E-state index contributed by atoms with van der Waals surface area (Å²) in [6.45, 7) is 1.99. The normalized spacial score (nSPS) is 13.0. The summed E-state index contributed by atoms with van der Waals surface area (Å²) < 4.78 is 5.06. The van der Waals surface area contributed by atoms with Crippen molar-refractivity contribution in [2.75, 3.05) is 0 Å². The fraction of sp³-hybridized carbons (Fsp3) is 0.333. The monoisotopic (exact) mass is 209 g/mol. The van der Waals surface area contributed by atoms with Gasteiger partial charge in [-0.05, 0) is 17.9 Å². The molecule has 2 rings (SSSR count). The van der Waals surface area contributed by atoms with Gasteiger partial charge in [0.05, 0.1) is 10.9 Å². The highest BCUT2D eigenvalue weighted by atomic mass is 32.1. The molecule has 74 valence electrons. The summed E-state index contributed by atoms with van der Waals surface area (Å²) in [6.07, 6.45) is 0.798. The molecule has 2 N–H and O–H groups in total. The van der Waals surface area contributed by atoms with E-state index in [2.05, 4.69) is 10.1 Å². The van der Waals surface area contributed by atoms with E-state index < -0.39 is 0 Å². The summed E-state index contributed by atoms with van der Waals surface area (Å²) in [6, 6.07) is 3.75. The molecule has 2 heterocycles. The molecule has 4 nitrogen and oxygen atoms in total. The van der Waals surface area contributed by atoms with Crippen LogP contribution in [-0.2, 0) is 0 Å². The molecule has 0 aliphatic carbocycles. The molecule has 0 aliphatic rings. The van der Waals surface area contributed by atoms with Crippen LogP contribution in [0.1, 0.15) is 25.3 Å². The maximum atomic E-state index is 5.77. The first-order valence-corrected chi connectivity index (χ1v) is 5.32. The number of aromatic nitrogens is 2. The maximum Gasteiger partial charge on any atom is 0.243 e. The van der Waals surface area contributed by atoms with Gasteiger partial charge in [-0.15, -0.1) is 11.3 Å². The summed E-state index contributed by atoms with van der Waals surface area (Å²) >= 11 is 1.58. The third-order valence-electron chi connectivity index (χ3n) is 1.94. The van der Waals surface area contributed by atoms with Crippen molar-refractivity contribution >= 4 is 11.3 Å². The van der Waals surface area contributed by atoms with Gasteiger partial charge in [-0.3, -0.25) is 0 Å². The standard InChI is InChI=1S/C9H11N3OS/c1-2-6(10)9-11-8(12-13-9)7-4-3-5-14-7/h3-6H,2,10H2,1H3. The van der Waals surface area contributed by atoms with Gasteiger partial charge in [0, 0.05) is 0 Å². The van der Waals surface area contributed by atoms with Gasteiger partial charge < -0.3 is 10.3 Å². The SMILES string of the molecule is CCC(N)c1nc(-c2cccs2)no1. The molecule has 0 bridgehead atoms. The van der Waals surface area contributed by atoms with Gasteiger partial charge in [0.15, 0.2) is 0 Å². The lowest BCUT2D eigenvalue weighted by Gasteiger charge is -1.98. The van der Waals surface area contributed by atoms with Crippen molar-refractivity contribution in [1.29, 1.82) is 0 Å². The summed E-state index contributed by atoms with van der Waals surface area (Å²) in [5.74, 6) is 1.13. The summed E-state index contributed by atoms with van der Waals surface area (Å²) in [5, 5.41) is 5.85. The topological polar surface area (TPSA) is 64.9 Å². The Morgan fingerprint density at radius 2 is 2.50 bits per heavy atom. The van der Waals surface area contributed by atoms with Gasteiger partial charge in [0.25, 0.3) is 0 Å². The van der Waals surface area contributed by atoms with Crippen molar-refractivity contribution in [3.8, 4) is 10.7 Å². The van der Waals surface area contributed by atoms with E-state index in [9.17, 15) is 0 Å². The van der Waals surface area contributed by atoms with Crippen molar-refractivity contribution in [1.82, 2.24) is 10.1 Å². The molecule has 0 aromatic carbocycles. The van der Waals surface area contributed by atoms with Crippen LogP contribution in [0.2, 0.25) is 0 Å². The van der Waals surface area contributed by atoms with Crippen LogP contribution in [0, 0.1) is 0 Å². The fourth-order valence-corrected chi connectivity index (χ4v) is 1.72. The number of nitrogens with zero attached hydrogens (tertiary/aromatic N) is 2. The van der Waals surface area contributed by atoms with Gasteiger partial charge in [-0.1, -0.05) is 18.1 Å². The van der Waals surface area contributed by atoms with E-state index >= 15 is 0 Å². The molecule has 2 aromatic heterocycles. The van der Waals surface area contributed by atoms with Crippen molar-refractivity contribution in [2.45, 2.75) is 19.4 Å². The van der Waals surface area contributed by atoms with Crippen molar-refractivity contribution in [3.05, 3.63) is 23.4 Å². The average molecular weight is 209 g/mol. The Hall–Kier alpha value is -1.20. The zero-order valence-corrected chi connectivity index (χ0v) is 8.62. The smallest absolute Gasteiger partial charge is 0.243 e. The quantitative estimate of drug-likeness (QED) is 0.841. The minimum atomic E-state index is -0.156. The molecule has 0 amide bonds. The molecular formula is C9H11N3OS. The molecule has 0 radical (unpaired) electrons. The molecule has 0 saturated heterocycles. The van der Waals surface area contributed by atoms with Gasteiger partial charge in [-0.2, -0.15) is 4.98 Å². The molecule has 1 atom stereocenters. The first-order valence-electron chi connectivity index (χ1n) is 4.44. The van der Waals surface area contributed by atoms with E-state index in [1.54, 1.807) is 11.3 Å². The largest absolute Gasteiger partial charge is 0.337 e. The van der Waals surface area contributed by atoms with Gasteiger partial charge in [0.1, 0.15) is 0 Å². The number of hydrogen-bond donors (Lipinski definition) is 1. The Labute approximate surface area is 85.7 Å². The summed E-state index contributed by atoms with van der Waals surface area (Å²) in [4.78, 5) is 5.23. The predicted molar refractivity (Wildman–Crippen MR) is 54.8 cm³/mol. The summed E-state index contributed by atoms with van der Waals surface area (Å²) in [7, 11) is 0. The second-order valence-corrected chi connectivity index (χ2v) is 3.90. The Kier molecular flexibility index (Phi) is 2.60. The highest BCUT2D eigenvalue weighted by Crippen LogP contribution is 2.22. The van der Waals surface area contributed by atoms with Crippen molar-refractivity contribution in [2.24, 2.45) is 5.73 Å². The molecule has 0 spiro atoms. The van der Waals surface area contributed by atoms with Gasteiger partial charge >= 0.3 is 0 Å². The fourth-order valence-electron chi connectivity index (χ4n) is 1.07. The van der Waals surface area contributed by atoms with Crippen molar-refractivity contribution < 1.29 is 4.52 Å².